The molecule has 0 spiro atoms. The highest BCUT2D eigenvalue weighted by molar-refractivity contribution is 6.79. The highest BCUT2D eigenvalue weighted by Crippen LogP contribution is 2.26. The molecule has 0 saturated carbocycles. The van der Waals surface area contributed by atoms with Crippen molar-refractivity contribution in [1.82, 2.24) is 0 Å². The Labute approximate surface area is 101 Å². The summed E-state index contributed by atoms with van der Waals surface area (Å²) in [6, 6.07) is 5.30. The van der Waals surface area contributed by atoms with Crippen LogP contribution in [0.5, 0.6) is 0 Å². The minimum Gasteiger partial charge on any atom is -0.462 e. The Hall–Kier alpha value is -0.573. The second-order valence-corrected chi connectivity index (χ2v) is 10.2. The molecule has 0 unspecified atom stereocenters. The molecule has 0 amide bonds. The van der Waals surface area contributed by atoms with E-state index in [1.54, 1.807) is 6.92 Å². The van der Waals surface area contributed by atoms with Crippen LogP contribution in [0.1, 0.15) is 34.1 Å². The molecule has 0 aromatic rings. The summed E-state index contributed by atoms with van der Waals surface area (Å²) in [4.78, 5) is 11.2. The molecule has 0 bridgehead atoms. The monoisotopic (exact) mass is 242 g/mol. The molecular formula is C13H26O2Si. The number of hydrogen-bond acceptors (Lipinski definition) is 2. The van der Waals surface area contributed by atoms with Crippen LogP contribution in [0.25, 0.3) is 0 Å². The Morgan fingerprint density at radius 1 is 1.19 bits per heavy atom. The molecule has 94 valence electrons. The minimum absolute atomic E-state index is 0.253. The summed E-state index contributed by atoms with van der Waals surface area (Å²) in [5, 5.41) is 0. The molecule has 0 aromatic carbocycles. The molecular weight excluding hydrogens is 216 g/mol. The Morgan fingerprint density at radius 3 is 2.06 bits per heavy atom. The Morgan fingerprint density at radius 2 is 1.69 bits per heavy atom. The average Bonchev–Trinajstić information content (AvgIpc) is 2.30. The fourth-order valence-electron chi connectivity index (χ4n) is 2.02. The van der Waals surface area contributed by atoms with Gasteiger partial charge in [0.1, 0.15) is 0 Å². The van der Waals surface area contributed by atoms with Crippen molar-refractivity contribution in [2.24, 2.45) is 0 Å². The smallest absolute Gasteiger partial charge is 0.333 e. The number of carbonyl (C=O) groups excluding carboxylic acids is 1. The van der Waals surface area contributed by atoms with Gasteiger partial charge in [-0.2, -0.15) is 0 Å². The van der Waals surface area contributed by atoms with Crippen LogP contribution in [-0.2, 0) is 9.53 Å². The second kappa shape index (κ2) is 7.66. The van der Waals surface area contributed by atoms with Crippen LogP contribution in [0, 0.1) is 0 Å². The van der Waals surface area contributed by atoms with Gasteiger partial charge in [0.15, 0.2) is 0 Å². The predicted molar refractivity (Wildman–Crippen MR) is 72.4 cm³/mol. The third-order valence-electron chi connectivity index (χ3n) is 3.68. The molecule has 0 aliphatic carbocycles. The van der Waals surface area contributed by atoms with E-state index in [0.717, 1.165) is 6.42 Å². The molecule has 0 atom stereocenters. The zero-order valence-corrected chi connectivity index (χ0v) is 12.3. The van der Waals surface area contributed by atoms with Crippen LogP contribution in [0.3, 0.4) is 0 Å². The van der Waals surface area contributed by atoms with E-state index in [2.05, 4.69) is 27.4 Å². The summed E-state index contributed by atoms with van der Waals surface area (Å²) in [5.74, 6) is -0.253. The normalized spacial score (nSPS) is 11.2. The number of carbonyl (C=O) groups is 1. The zero-order valence-electron chi connectivity index (χ0n) is 11.3. The Balaban J connectivity index is 3.88. The van der Waals surface area contributed by atoms with E-state index in [1.165, 1.54) is 24.2 Å². The molecule has 0 aliphatic heterocycles. The lowest BCUT2D eigenvalue weighted by atomic mass is 10.4. The topological polar surface area (TPSA) is 26.3 Å². The van der Waals surface area contributed by atoms with Gasteiger partial charge in [-0.25, -0.2) is 4.79 Å². The Kier molecular flexibility index (Phi) is 7.39. The number of ether oxygens (including phenoxy) is 1. The van der Waals surface area contributed by atoms with Crippen LogP contribution in [0.2, 0.25) is 24.2 Å². The summed E-state index contributed by atoms with van der Waals surface area (Å²) < 4.78 is 5.12. The van der Waals surface area contributed by atoms with Crippen molar-refractivity contribution in [1.29, 1.82) is 0 Å². The van der Waals surface area contributed by atoms with E-state index in [0.29, 0.717) is 12.2 Å². The predicted octanol–water partition coefficient (Wildman–Crippen LogP) is 4.00. The lowest BCUT2D eigenvalue weighted by molar-refractivity contribution is -0.138. The van der Waals surface area contributed by atoms with Crippen LogP contribution in [0.15, 0.2) is 12.2 Å². The molecule has 0 aromatic heterocycles. The molecule has 0 heterocycles. The van der Waals surface area contributed by atoms with E-state index < -0.39 is 8.07 Å². The number of hydrogen-bond donors (Lipinski definition) is 0. The maximum atomic E-state index is 11.2. The van der Waals surface area contributed by atoms with Crippen LogP contribution < -0.4 is 0 Å². The number of rotatable bonds is 8. The van der Waals surface area contributed by atoms with Gasteiger partial charge in [0.2, 0.25) is 0 Å². The van der Waals surface area contributed by atoms with E-state index in [1.807, 2.05) is 0 Å². The van der Waals surface area contributed by atoms with Crippen molar-refractivity contribution in [3.8, 4) is 0 Å². The van der Waals surface area contributed by atoms with Gasteiger partial charge in [0, 0.05) is 5.57 Å². The van der Waals surface area contributed by atoms with Gasteiger partial charge < -0.3 is 4.74 Å². The minimum atomic E-state index is -1.03. The zero-order chi connectivity index (χ0) is 12.6. The summed E-state index contributed by atoms with van der Waals surface area (Å²) in [7, 11) is -1.03. The molecule has 2 nitrogen and oxygen atoms in total. The lowest BCUT2D eigenvalue weighted by Gasteiger charge is -2.27. The van der Waals surface area contributed by atoms with Gasteiger partial charge in [0.25, 0.3) is 0 Å². The largest absolute Gasteiger partial charge is 0.462 e. The molecule has 0 saturated heterocycles. The van der Waals surface area contributed by atoms with Crippen molar-refractivity contribution < 1.29 is 9.53 Å². The standard InChI is InChI=1S/C13H26O2Si/c1-6-16(7-2,8-3)11-9-10-15-13(14)12(4)5/h4,6-11H2,1-3,5H3. The first kappa shape index (κ1) is 15.4. The first-order valence-corrected chi connectivity index (χ1v) is 9.16. The fourth-order valence-corrected chi connectivity index (χ4v) is 5.47. The summed E-state index contributed by atoms with van der Waals surface area (Å²) in [6.45, 7) is 12.7. The van der Waals surface area contributed by atoms with Crippen LogP contribution in [-0.4, -0.2) is 20.7 Å². The molecule has 0 aliphatic rings. The van der Waals surface area contributed by atoms with Crippen molar-refractivity contribution in [2.45, 2.75) is 58.3 Å². The molecule has 16 heavy (non-hydrogen) atoms. The fraction of sp³-hybridized carbons (Fsp3) is 0.769. The summed E-state index contributed by atoms with van der Waals surface area (Å²) >= 11 is 0. The second-order valence-electron chi connectivity index (χ2n) is 4.58. The third kappa shape index (κ3) is 4.97. The average molecular weight is 242 g/mol. The first-order chi connectivity index (χ1) is 7.51. The van der Waals surface area contributed by atoms with Crippen molar-refractivity contribution >= 4 is 14.0 Å². The van der Waals surface area contributed by atoms with Gasteiger partial charge in [-0.3, -0.25) is 0 Å². The van der Waals surface area contributed by atoms with Crippen molar-refractivity contribution in [3.05, 3.63) is 12.2 Å². The lowest BCUT2D eigenvalue weighted by Crippen LogP contribution is -2.31. The first-order valence-electron chi connectivity index (χ1n) is 6.34. The summed E-state index contributed by atoms with van der Waals surface area (Å²) in [6.07, 6.45) is 1.01. The molecule has 0 rings (SSSR count). The van der Waals surface area contributed by atoms with E-state index in [4.69, 9.17) is 4.74 Å². The van der Waals surface area contributed by atoms with E-state index in [9.17, 15) is 4.79 Å². The van der Waals surface area contributed by atoms with E-state index >= 15 is 0 Å². The van der Waals surface area contributed by atoms with Gasteiger partial charge in [-0.15, -0.1) is 0 Å². The summed E-state index contributed by atoms with van der Waals surface area (Å²) in [5.41, 5.74) is 0.491. The molecule has 0 N–H and O–H groups in total. The molecule has 0 radical (unpaired) electrons. The maximum absolute atomic E-state index is 11.2. The van der Waals surface area contributed by atoms with E-state index in [-0.39, 0.29) is 5.97 Å². The van der Waals surface area contributed by atoms with Crippen molar-refractivity contribution in [2.75, 3.05) is 6.61 Å². The molecule has 3 heteroatoms. The van der Waals surface area contributed by atoms with Gasteiger partial charge in [-0.05, 0) is 13.3 Å². The highest BCUT2D eigenvalue weighted by atomic mass is 28.3. The maximum Gasteiger partial charge on any atom is 0.333 e. The molecule has 0 fully saturated rings. The third-order valence-corrected chi connectivity index (χ3v) is 9.60. The van der Waals surface area contributed by atoms with Gasteiger partial charge in [-0.1, -0.05) is 51.5 Å². The van der Waals surface area contributed by atoms with Crippen LogP contribution >= 0.6 is 0 Å². The number of esters is 1. The van der Waals surface area contributed by atoms with Gasteiger partial charge >= 0.3 is 5.97 Å². The van der Waals surface area contributed by atoms with Crippen LogP contribution in [0.4, 0.5) is 0 Å². The quantitative estimate of drug-likeness (QED) is 0.278. The van der Waals surface area contributed by atoms with Gasteiger partial charge in [0.05, 0.1) is 14.7 Å². The van der Waals surface area contributed by atoms with Crippen molar-refractivity contribution in [3.63, 3.8) is 0 Å². The SMILES string of the molecule is C=C(C)C(=O)OCCC[Si](CC)(CC)CC. The Bertz CT molecular complexity index is 224. The highest BCUT2D eigenvalue weighted by Gasteiger charge is 2.25.